The Hall–Kier alpha value is -0.960. The quantitative estimate of drug-likeness (QED) is 0.836. The van der Waals surface area contributed by atoms with E-state index in [4.69, 9.17) is 23.2 Å². The van der Waals surface area contributed by atoms with Gasteiger partial charge in [0.2, 0.25) is 0 Å². The average Bonchev–Trinajstić information content (AvgIpc) is 2.77. The molecular weight excluding hydrogens is 255 g/mol. The molecule has 4 heteroatoms. The van der Waals surface area contributed by atoms with Crippen LogP contribution in [0.2, 0.25) is 10.0 Å². The molecule has 2 aromatic rings. The Morgan fingerprint density at radius 2 is 1.88 bits per heavy atom. The Balaban J connectivity index is 2.13. The zero-order chi connectivity index (χ0) is 11.8. The molecule has 17 heavy (non-hydrogen) atoms. The monoisotopic (exact) mass is 266 g/mol. The number of hydrogen-bond acceptors (Lipinski definition) is 1. The zero-order valence-corrected chi connectivity index (χ0v) is 10.7. The van der Waals surface area contributed by atoms with Gasteiger partial charge < -0.3 is 9.88 Å². The summed E-state index contributed by atoms with van der Waals surface area (Å²) in [5.41, 5.74) is 2.18. The van der Waals surface area contributed by atoms with Crippen molar-refractivity contribution in [2.45, 2.75) is 12.6 Å². The molecule has 0 amide bonds. The molecule has 88 valence electrons. The molecule has 3 rings (SSSR count). The van der Waals surface area contributed by atoms with E-state index in [1.54, 1.807) is 0 Å². The summed E-state index contributed by atoms with van der Waals surface area (Å²) >= 11 is 12.5. The predicted molar refractivity (Wildman–Crippen MR) is 70.7 cm³/mol. The van der Waals surface area contributed by atoms with Crippen LogP contribution >= 0.6 is 23.2 Å². The molecule has 1 atom stereocenters. The van der Waals surface area contributed by atoms with Crippen LogP contribution in [-0.2, 0) is 6.54 Å². The van der Waals surface area contributed by atoms with Crippen LogP contribution in [0.15, 0.2) is 36.5 Å². The first-order valence-electron chi connectivity index (χ1n) is 5.59. The Morgan fingerprint density at radius 3 is 2.65 bits per heavy atom. The minimum atomic E-state index is 0.0833. The summed E-state index contributed by atoms with van der Waals surface area (Å²) in [6.45, 7) is 1.91. The number of benzene rings is 1. The fourth-order valence-electron chi connectivity index (χ4n) is 2.36. The van der Waals surface area contributed by atoms with Crippen molar-refractivity contribution in [3.8, 4) is 0 Å². The van der Waals surface area contributed by atoms with Gasteiger partial charge in [-0.05, 0) is 24.3 Å². The van der Waals surface area contributed by atoms with Crippen LogP contribution in [0.3, 0.4) is 0 Å². The third-order valence-corrected chi connectivity index (χ3v) is 3.81. The number of nitrogens with one attached hydrogen (secondary N) is 1. The third kappa shape index (κ3) is 1.86. The second-order valence-corrected chi connectivity index (χ2v) is 4.96. The van der Waals surface area contributed by atoms with Crippen LogP contribution in [-0.4, -0.2) is 11.1 Å². The van der Waals surface area contributed by atoms with Gasteiger partial charge in [0.15, 0.2) is 0 Å². The lowest BCUT2D eigenvalue weighted by Gasteiger charge is -2.28. The molecule has 1 N–H and O–H groups in total. The molecule has 0 aliphatic carbocycles. The highest BCUT2D eigenvalue weighted by Gasteiger charge is 2.24. The maximum atomic E-state index is 6.26. The second-order valence-electron chi connectivity index (χ2n) is 4.15. The first kappa shape index (κ1) is 11.1. The Morgan fingerprint density at radius 1 is 1.12 bits per heavy atom. The molecule has 2 nitrogen and oxygen atoms in total. The maximum absolute atomic E-state index is 6.26. The highest BCUT2D eigenvalue weighted by atomic mass is 35.5. The van der Waals surface area contributed by atoms with Crippen molar-refractivity contribution in [2.75, 3.05) is 6.54 Å². The van der Waals surface area contributed by atoms with Gasteiger partial charge in [-0.15, -0.1) is 0 Å². The molecule has 0 radical (unpaired) electrons. The minimum Gasteiger partial charge on any atom is -0.348 e. The average molecular weight is 267 g/mol. The Bertz CT molecular complexity index is 528. The van der Waals surface area contributed by atoms with Crippen molar-refractivity contribution < 1.29 is 0 Å². The molecule has 0 fully saturated rings. The van der Waals surface area contributed by atoms with Gasteiger partial charge in [-0.2, -0.15) is 0 Å². The van der Waals surface area contributed by atoms with Gasteiger partial charge >= 0.3 is 0 Å². The SMILES string of the molecule is Clc1cccc(Cl)c1C1NCCn2cccc21. The molecule has 0 saturated carbocycles. The normalized spacial score (nSPS) is 19.1. The van der Waals surface area contributed by atoms with Gasteiger partial charge in [0.1, 0.15) is 0 Å². The van der Waals surface area contributed by atoms with Crippen molar-refractivity contribution in [1.82, 2.24) is 9.88 Å². The van der Waals surface area contributed by atoms with E-state index in [-0.39, 0.29) is 6.04 Å². The first-order chi connectivity index (χ1) is 8.27. The number of halogens is 2. The number of rotatable bonds is 1. The number of aromatic nitrogens is 1. The summed E-state index contributed by atoms with van der Waals surface area (Å²) in [5.74, 6) is 0. The summed E-state index contributed by atoms with van der Waals surface area (Å²) in [6.07, 6.45) is 2.09. The van der Waals surface area contributed by atoms with Crippen LogP contribution in [0.1, 0.15) is 17.3 Å². The summed E-state index contributed by atoms with van der Waals surface area (Å²) < 4.78 is 2.24. The first-order valence-corrected chi connectivity index (χ1v) is 6.35. The van der Waals surface area contributed by atoms with Gasteiger partial charge in [0, 0.05) is 40.6 Å². The molecule has 0 bridgehead atoms. The Kier molecular flexibility index (Phi) is 2.87. The van der Waals surface area contributed by atoms with Crippen molar-refractivity contribution in [2.24, 2.45) is 0 Å². The van der Waals surface area contributed by atoms with Gasteiger partial charge in [0.25, 0.3) is 0 Å². The van der Waals surface area contributed by atoms with Crippen molar-refractivity contribution in [3.05, 3.63) is 57.8 Å². The van der Waals surface area contributed by atoms with E-state index < -0.39 is 0 Å². The van der Waals surface area contributed by atoms with Crippen LogP contribution < -0.4 is 5.32 Å². The maximum Gasteiger partial charge on any atom is 0.0761 e. The second kappa shape index (κ2) is 4.37. The van der Waals surface area contributed by atoms with Crippen LogP contribution in [0.4, 0.5) is 0 Å². The molecule has 1 aliphatic heterocycles. The fraction of sp³-hybridized carbons (Fsp3) is 0.231. The lowest BCUT2D eigenvalue weighted by molar-refractivity contribution is 0.467. The van der Waals surface area contributed by atoms with E-state index in [0.717, 1.165) is 18.7 Å². The van der Waals surface area contributed by atoms with E-state index in [2.05, 4.69) is 28.2 Å². The van der Waals surface area contributed by atoms with Crippen LogP contribution in [0.25, 0.3) is 0 Å². The number of fused-ring (bicyclic) bond motifs is 1. The van der Waals surface area contributed by atoms with Crippen LogP contribution in [0.5, 0.6) is 0 Å². The van der Waals surface area contributed by atoms with Gasteiger partial charge in [-0.1, -0.05) is 29.3 Å². The molecule has 0 spiro atoms. The van der Waals surface area contributed by atoms with E-state index in [0.29, 0.717) is 10.0 Å². The third-order valence-electron chi connectivity index (χ3n) is 3.15. The smallest absolute Gasteiger partial charge is 0.0761 e. The lowest BCUT2D eigenvalue weighted by atomic mass is 10.0. The molecule has 0 saturated heterocycles. The highest BCUT2D eigenvalue weighted by molar-refractivity contribution is 6.36. The summed E-state index contributed by atoms with van der Waals surface area (Å²) in [4.78, 5) is 0. The standard InChI is InChI=1S/C13H12Cl2N2/c14-9-3-1-4-10(15)12(9)13-11-5-2-7-17(11)8-6-16-13/h1-5,7,13,16H,6,8H2. The molecule has 1 unspecified atom stereocenters. The van der Waals surface area contributed by atoms with Crippen molar-refractivity contribution >= 4 is 23.2 Å². The number of nitrogens with zero attached hydrogens (tertiary/aromatic N) is 1. The molecule has 1 aromatic carbocycles. The van der Waals surface area contributed by atoms with Gasteiger partial charge in [0.05, 0.1) is 6.04 Å². The topological polar surface area (TPSA) is 17.0 Å². The van der Waals surface area contributed by atoms with Gasteiger partial charge in [-0.25, -0.2) is 0 Å². The summed E-state index contributed by atoms with van der Waals surface area (Å²) in [6, 6.07) is 9.88. The summed E-state index contributed by atoms with van der Waals surface area (Å²) in [7, 11) is 0. The molecular formula is C13H12Cl2N2. The molecule has 2 heterocycles. The van der Waals surface area contributed by atoms with E-state index in [1.165, 1.54) is 5.69 Å². The highest BCUT2D eigenvalue weighted by Crippen LogP contribution is 2.35. The van der Waals surface area contributed by atoms with E-state index in [9.17, 15) is 0 Å². The zero-order valence-electron chi connectivity index (χ0n) is 9.16. The minimum absolute atomic E-state index is 0.0833. The van der Waals surface area contributed by atoms with Crippen molar-refractivity contribution in [3.63, 3.8) is 0 Å². The lowest BCUT2D eigenvalue weighted by Crippen LogP contribution is -2.33. The summed E-state index contributed by atoms with van der Waals surface area (Å²) in [5, 5.41) is 4.89. The van der Waals surface area contributed by atoms with E-state index in [1.807, 2.05) is 18.2 Å². The predicted octanol–water partition coefficient (Wildman–Crippen LogP) is 3.49. The van der Waals surface area contributed by atoms with Crippen LogP contribution in [0, 0.1) is 0 Å². The molecule has 1 aliphatic rings. The molecule has 1 aromatic heterocycles. The van der Waals surface area contributed by atoms with Gasteiger partial charge in [-0.3, -0.25) is 0 Å². The Labute approximate surface area is 110 Å². The number of hydrogen-bond donors (Lipinski definition) is 1. The fourth-order valence-corrected chi connectivity index (χ4v) is 2.98. The largest absolute Gasteiger partial charge is 0.348 e. The van der Waals surface area contributed by atoms with Crippen molar-refractivity contribution in [1.29, 1.82) is 0 Å². The van der Waals surface area contributed by atoms with E-state index >= 15 is 0 Å².